The van der Waals surface area contributed by atoms with E-state index in [-0.39, 0.29) is 6.04 Å². The Morgan fingerprint density at radius 2 is 2.33 bits per heavy atom. The van der Waals surface area contributed by atoms with E-state index < -0.39 is 0 Å². The number of H-pyrrole nitrogens is 1. The number of nitrogens with zero attached hydrogens (tertiary/aromatic N) is 2. The summed E-state index contributed by atoms with van der Waals surface area (Å²) in [6, 6.07) is 6.03. The lowest BCUT2D eigenvalue weighted by Crippen LogP contribution is -2.19. The van der Waals surface area contributed by atoms with E-state index in [9.17, 15) is 0 Å². The summed E-state index contributed by atoms with van der Waals surface area (Å²) in [7, 11) is 1.66. The molecule has 0 radical (unpaired) electrons. The van der Waals surface area contributed by atoms with Gasteiger partial charge in [-0.15, -0.1) is 0 Å². The maximum atomic E-state index is 5.21. The van der Waals surface area contributed by atoms with Gasteiger partial charge in [0.25, 0.3) is 0 Å². The van der Waals surface area contributed by atoms with Crippen LogP contribution in [0.2, 0.25) is 0 Å². The number of aromatic amines is 1. The second-order valence-corrected chi connectivity index (χ2v) is 4.78. The predicted molar refractivity (Wildman–Crippen MR) is 72.3 cm³/mol. The fourth-order valence-corrected chi connectivity index (χ4v) is 1.98. The number of ether oxygens (including phenoxy) is 1. The van der Waals surface area contributed by atoms with Crippen molar-refractivity contribution >= 4 is 15.9 Å². The Morgan fingerprint density at radius 1 is 1.50 bits per heavy atom. The van der Waals surface area contributed by atoms with Crippen molar-refractivity contribution in [2.24, 2.45) is 0 Å². The van der Waals surface area contributed by atoms with Gasteiger partial charge in [-0.2, -0.15) is 5.10 Å². The Balaban J connectivity index is 2.01. The first-order valence-corrected chi connectivity index (χ1v) is 6.41. The zero-order valence-electron chi connectivity index (χ0n) is 10.3. The van der Waals surface area contributed by atoms with E-state index in [0.29, 0.717) is 0 Å². The van der Waals surface area contributed by atoms with Gasteiger partial charge in [0.2, 0.25) is 0 Å². The molecule has 18 heavy (non-hydrogen) atoms. The lowest BCUT2D eigenvalue weighted by atomic mass is 10.2. The number of rotatable bonds is 5. The fraction of sp³-hybridized carbons (Fsp3) is 0.333. The summed E-state index contributed by atoms with van der Waals surface area (Å²) in [5.74, 6) is 1.68. The van der Waals surface area contributed by atoms with Crippen molar-refractivity contribution in [1.29, 1.82) is 0 Å². The average Bonchev–Trinajstić information content (AvgIpc) is 2.91. The van der Waals surface area contributed by atoms with E-state index in [2.05, 4.69) is 36.4 Å². The van der Waals surface area contributed by atoms with Crippen molar-refractivity contribution in [3.05, 3.63) is 40.4 Å². The molecule has 0 aliphatic carbocycles. The van der Waals surface area contributed by atoms with E-state index in [1.165, 1.54) is 6.33 Å². The zero-order valence-corrected chi connectivity index (χ0v) is 11.9. The van der Waals surface area contributed by atoms with Crippen LogP contribution in [0, 0.1) is 0 Å². The molecule has 1 heterocycles. The van der Waals surface area contributed by atoms with Crippen molar-refractivity contribution < 1.29 is 4.74 Å². The molecule has 6 heteroatoms. The minimum atomic E-state index is 0.116. The highest BCUT2D eigenvalue weighted by atomic mass is 79.9. The molecule has 1 atom stereocenters. The lowest BCUT2D eigenvalue weighted by Gasteiger charge is -2.12. The molecule has 1 unspecified atom stereocenters. The van der Waals surface area contributed by atoms with Crippen LogP contribution >= 0.6 is 15.9 Å². The third kappa shape index (κ3) is 3.08. The standard InChI is InChI=1S/C12H15BrN4O/c1-8(12-15-7-16-17-12)14-6-9-5-10(18-2)3-4-11(9)13/h3-5,7-8,14H,6H2,1-2H3,(H,15,16,17). The molecule has 0 spiro atoms. The van der Waals surface area contributed by atoms with Crippen LogP contribution in [0.5, 0.6) is 5.75 Å². The van der Waals surface area contributed by atoms with Gasteiger partial charge < -0.3 is 10.1 Å². The summed E-state index contributed by atoms with van der Waals surface area (Å²) in [6.45, 7) is 2.76. The highest BCUT2D eigenvalue weighted by molar-refractivity contribution is 9.10. The first-order chi connectivity index (χ1) is 8.70. The smallest absolute Gasteiger partial charge is 0.141 e. The Labute approximate surface area is 114 Å². The summed E-state index contributed by atoms with van der Waals surface area (Å²) in [4.78, 5) is 4.12. The maximum Gasteiger partial charge on any atom is 0.141 e. The van der Waals surface area contributed by atoms with Crippen LogP contribution in [0.25, 0.3) is 0 Å². The molecule has 5 nitrogen and oxygen atoms in total. The Hall–Kier alpha value is -1.40. The molecule has 0 bridgehead atoms. The van der Waals surface area contributed by atoms with E-state index >= 15 is 0 Å². The van der Waals surface area contributed by atoms with Gasteiger partial charge in [-0.1, -0.05) is 15.9 Å². The third-order valence-corrected chi connectivity index (χ3v) is 3.47. The van der Waals surface area contributed by atoms with Crippen LogP contribution in [0.4, 0.5) is 0 Å². The number of hydrogen-bond acceptors (Lipinski definition) is 4. The van der Waals surface area contributed by atoms with Gasteiger partial charge in [-0.05, 0) is 30.7 Å². The summed E-state index contributed by atoms with van der Waals surface area (Å²) in [5.41, 5.74) is 1.14. The van der Waals surface area contributed by atoms with Crippen LogP contribution in [0.3, 0.4) is 0 Å². The molecular formula is C12H15BrN4O. The summed E-state index contributed by atoms with van der Waals surface area (Å²) in [6.07, 6.45) is 1.51. The molecule has 0 aliphatic heterocycles. The Bertz CT molecular complexity index is 501. The molecule has 1 aromatic carbocycles. The summed E-state index contributed by atoms with van der Waals surface area (Å²) < 4.78 is 6.27. The molecular weight excluding hydrogens is 296 g/mol. The summed E-state index contributed by atoms with van der Waals surface area (Å²) >= 11 is 3.53. The number of methoxy groups -OCH3 is 1. The van der Waals surface area contributed by atoms with Crippen molar-refractivity contribution in [2.75, 3.05) is 7.11 Å². The first kappa shape index (κ1) is 13.0. The van der Waals surface area contributed by atoms with Crippen LogP contribution in [0.15, 0.2) is 29.0 Å². The second kappa shape index (κ2) is 5.97. The minimum Gasteiger partial charge on any atom is -0.497 e. The van der Waals surface area contributed by atoms with Gasteiger partial charge in [0.05, 0.1) is 13.2 Å². The summed E-state index contributed by atoms with van der Waals surface area (Å²) in [5, 5.41) is 10.1. The van der Waals surface area contributed by atoms with Crippen molar-refractivity contribution in [3.63, 3.8) is 0 Å². The monoisotopic (exact) mass is 310 g/mol. The number of halogens is 1. The number of benzene rings is 1. The van der Waals surface area contributed by atoms with Gasteiger partial charge in [-0.25, -0.2) is 4.98 Å². The normalized spacial score (nSPS) is 12.4. The quantitative estimate of drug-likeness (QED) is 0.890. The van der Waals surface area contributed by atoms with E-state index in [0.717, 1.165) is 28.2 Å². The van der Waals surface area contributed by atoms with Crippen molar-refractivity contribution in [1.82, 2.24) is 20.5 Å². The van der Waals surface area contributed by atoms with Crippen LogP contribution < -0.4 is 10.1 Å². The van der Waals surface area contributed by atoms with Gasteiger partial charge in [0.1, 0.15) is 17.9 Å². The molecule has 0 aliphatic rings. The largest absolute Gasteiger partial charge is 0.497 e. The molecule has 0 saturated carbocycles. The number of aromatic nitrogens is 3. The zero-order chi connectivity index (χ0) is 13.0. The first-order valence-electron chi connectivity index (χ1n) is 5.61. The molecule has 0 fully saturated rings. The Morgan fingerprint density at radius 3 is 3.00 bits per heavy atom. The van der Waals surface area contributed by atoms with Crippen molar-refractivity contribution in [2.45, 2.75) is 19.5 Å². The SMILES string of the molecule is COc1ccc(Br)c(CNC(C)c2ncn[nH]2)c1. The number of hydrogen-bond donors (Lipinski definition) is 2. The molecule has 1 aromatic heterocycles. The molecule has 0 amide bonds. The van der Waals surface area contributed by atoms with Crippen LogP contribution in [-0.2, 0) is 6.54 Å². The fourth-order valence-electron chi connectivity index (χ4n) is 1.60. The Kier molecular flexibility index (Phi) is 4.33. The highest BCUT2D eigenvalue weighted by Crippen LogP contribution is 2.22. The minimum absolute atomic E-state index is 0.116. The van der Waals surface area contributed by atoms with Crippen molar-refractivity contribution in [3.8, 4) is 5.75 Å². The lowest BCUT2D eigenvalue weighted by molar-refractivity contribution is 0.413. The van der Waals surface area contributed by atoms with E-state index in [1.54, 1.807) is 7.11 Å². The van der Waals surface area contributed by atoms with Crippen LogP contribution in [-0.4, -0.2) is 22.3 Å². The third-order valence-electron chi connectivity index (χ3n) is 2.70. The molecule has 2 rings (SSSR count). The molecule has 2 N–H and O–H groups in total. The molecule has 0 saturated heterocycles. The number of nitrogens with one attached hydrogen (secondary N) is 2. The van der Waals surface area contributed by atoms with Gasteiger partial charge >= 0.3 is 0 Å². The average molecular weight is 311 g/mol. The van der Waals surface area contributed by atoms with Crippen LogP contribution in [0.1, 0.15) is 24.4 Å². The van der Waals surface area contributed by atoms with Gasteiger partial charge in [0.15, 0.2) is 0 Å². The van der Waals surface area contributed by atoms with E-state index in [4.69, 9.17) is 4.74 Å². The molecule has 2 aromatic rings. The maximum absolute atomic E-state index is 5.21. The van der Waals surface area contributed by atoms with E-state index in [1.807, 2.05) is 25.1 Å². The second-order valence-electron chi connectivity index (χ2n) is 3.93. The van der Waals surface area contributed by atoms with Gasteiger partial charge in [-0.3, -0.25) is 5.10 Å². The predicted octanol–water partition coefficient (Wildman–Crippen LogP) is 2.43. The van der Waals surface area contributed by atoms with Gasteiger partial charge in [0, 0.05) is 11.0 Å². The topological polar surface area (TPSA) is 62.8 Å². The molecule has 96 valence electrons. The highest BCUT2D eigenvalue weighted by Gasteiger charge is 2.09.